The SMILES string of the molecule is COc1ccc(S(=O)(=O)N(CC(C)O)C[C@@H](O)[C@H](Cc2ccccc2)NC(=O)Nc2ccc3c(c2)C(=O)N(C(C)C)C3=O)cc1. The van der Waals surface area contributed by atoms with Crippen LogP contribution in [-0.4, -0.2) is 90.2 Å². The molecule has 0 bridgehead atoms. The van der Waals surface area contributed by atoms with E-state index in [-0.39, 0.29) is 40.7 Å². The van der Waals surface area contributed by atoms with E-state index in [1.54, 1.807) is 26.0 Å². The summed E-state index contributed by atoms with van der Waals surface area (Å²) >= 11 is 0. The van der Waals surface area contributed by atoms with Gasteiger partial charge in [-0.15, -0.1) is 0 Å². The third-order valence-electron chi connectivity index (χ3n) is 7.33. The van der Waals surface area contributed by atoms with Crippen molar-refractivity contribution in [3.8, 4) is 5.75 Å². The Hall–Kier alpha value is -4.30. The van der Waals surface area contributed by atoms with Crippen molar-refractivity contribution in [2.45, 2.75) is 56.4 Å². The molecule has 3 aromatic rings. The van der Waals surface area contributed by atoms with Crippen LogP contribution >= 0.6 is 0 Å². The van der Waals surface area contributed by atoms with E-state index in [2.05, 4.69) is 10.6 Å². The van der Waals surface area contributed by atoms with Crippen molar-refractivity contribution in [3.05, 3.63) is 89.5 Å². The second-order valence-corrected chi connectivity index (χ2v) is 13.1. The maximum atomic E-state index is 13.6. The van der Waals surface area contributed by atoms with Gasteiger partial charge in [-0.2, -0.15) is 4.31 Å². The summed E-state index contributed by atoms with van der Waals surface area (Å²) in [6.07, 6.45) is -2.29. The fourth-order valence-electron chi connectivity index (χ4n) is 5.09. The number of methoxy groups -OCH3 is 1. The predicted octanol–water partition coefficient (Wildman–Crippen LogP) is 2.87. The second-order valence-electron chi connectivity index (χ2n) is 11.1. The van der Waals surface area contributed by atoms with Crippen LogP contribution in [-0.2, 0) is 16.4 Å². The van der Waals surface area contributed by atoms with Gasteiger partial charge in [-0.3, -0.25) is 14.5 Å². The molecular formula is C32H38N4O8S. The van der Waals surface area contributed by atoms with E-state index >= 15 is 0 Å². The molecule has 0 radical (unpaired) electrons. The standard InChI is InChI=1S/C32H38N4O8S/c1-20(2)36-30(39)26-15-10-23(17-27(26)31(36)40)33-32(41)34-28(16-22-8-6-5-7-9-22)29(38)19-35(18-21(3)37)45(42,43)25-13-11-24(44-4)12-14-25/h5-15,17,20-21,28-29,37-38H,16,18-19H2,1-4H3,(H2,33,34,41)/t21?,28-,29+/m0/s1. The maximum Gasteiger partial charge on any atom is 0.319 e. The minimum Gasteiger partial charge on any atom is -0.497 e. The molecule has 1 unspecified atom stereocenters. The summed E-state index contributed by atoms with van der Waals surface area (Å²) in [4.78, 5) is 39.7. The molecule has 12 nitrogen and oxygen atoms in total. The third kappa shape index (κ3) is 7.87. The van der Waals surface area contributed by atoms with Gasteiger partial charge in [-0.25, -0.2) is 13.2 Å². The molecule has 45 heavy (non-hydrogen) atoms. The van der Waals surface area contributed by atoms with Crippen LogP contribution in [0.5, 0.6) is 5.75 Å². The second kappa shape index (κ2) is 14.2. The van der Waals surface area contributed by atoms with Crippen LogP contribution in [0.25, 0.3) is 0 Å². The number of aliphatic hydroxyl groups is 2. The summed E-state index contributed by atoms with van der Waals surface area (Å²) in [5.74, 6) is -0.396. The summed E-state index contributed by atoms with van der Waals surface area (Å²) in [6, 6.07) is 17.2. The monoisotopic (exact) mass is 638 g/mol. The highest BCUT2D eigenvalue weighted by atomic mass is 32.2. The zero-order valence-electron chi connectivity index (χ0n) is 25.5. The lowest BCUT2D eigenvalue weighted by molar-refractivity contribution is 0.0609. The van der Waals surface area contributed by atoms with Gasteiger partial charge in [-0.1, -0.05) is 30.3 Å². The number of aliphatic hydroxyl groups excluding tert-OH is 2. The Morgan fingerprint density at radius 3 is 2.16 bits per heavy atom. The largest absolute Gasteiger partial charge is 0.497 e. The first-order valence-electron chi connectivity index (χ1n) is 14.5. The number of ether oxygens (including phenoxy) is 1. The lowest BCUT2D eigenvalue weighted by atomic mass is 10.0. The van der Waals surface area contributed by atoms with Gasteiger partial charge in [0.1, 0.15) is 5.75 Å². The molecule has 1 heterocycles. The zero-order valence-corrected chi connectivity index (χ0v) is 26.3. The Labute approximate surface area is 262 Å². The number of carbonyl (C=O) groups is 3. The molecule has 4 amide bonds. The summed E-state index contributed by atoms with van der Waals surface area (Å²) in [5.41, 5.74) is 1.44. The van der Waals surface area contributed by atoms with Crippen LogP contribution in [0.15, 0.2) is 77.7 Å². The summed E-state index contributed by atoms with van der Waals surface area (Å²) in [6.45, 7) is 4.17. The molecule has 0 fully saturated rings. The van der Waals surface area contributed by atoms with Crippen LogP contribution in [0.4, 0.5) is 10.5 Å². The molecule has 0 saturated heterocycles. The van der Waals surface area contributed by atoms with Crippen LogP contribution < -0.4 is 15.4 Å². The van der Waals surface area contributed by atoms with Crippen molar-refractivity contribution < 1.29 is 37.8 Å². The zero-order chi connectivity index (χ0) is 32.9. The quantitative estimate of drug-likeness (QED) is 0.208. The molecule has 1 aliphatic rings. The molecule has 0 spiro atoms. The lowest BCUT2D eigenvalue weighted by Crippen LogP contribution is -2.52. The Balaban J connectivity index is 1.55. The van der Waals surface area contributed by atoms with E-state index in [0.717, 1.165) is 14.8 Å². The molecule has 240 valence electrons. The van der Waals surface area contributed by atoms with E-state index in [0.29, 0.717) is 5.75 Å². The number of amides is 4. The number of anilines is 1. The molecule has 3 atom stereocenters. The van der Waals surface area contributed by atoms with Gasteiger partial charge >= 0.3 is 6.03 Å². The van der Waals surface area contributed by atoms with Gasteiger partial charge in [0.2, 0.25) is 10.0 Å². The Bertz CT molecular complexity index is 1630. The molecular weight excluding hydrogens is 600 g/mol. The van der Waals surface area contributed by atoms with Crippen LogP contribution in [0.3, 0.4) is 0 Å². The van der Waals surface area contributed by atoms with Crippen molar-refractivity contribution in [3.63, 3.8) is 0 Å². The molecule has 13 heteroatoms. The number of nitrogens with zero attached hydrogens (tertiary/aromatic N) is 2. The average Bonchev–Trinajstić information content (AvgIpc) is 3.25. The number of carbonyl (C=O) groups excluding carboxylic acids is 3. The number of imide groups is 1. The molecule has 0 saturated carbocycles. The number of rotatable bonds is 13. The smallest absolute Gasteiger partial charge is 0.319 e. The van der Waals surface area contributed by atoms with Gasteiger partial charge in [0.15, 0.2) is 0 Å². The minimum atomic E-state index is -4.16. The number of sulfonamides is 1. The summed E-state index contributed by atoms with van der Waals surface area (Å²) < 4.78 is 33.2. The highest BCUT2D eigenvalue weighted by Crippen LogP contribution is 2.27. The first-order chi connectivity index (χ1) is 21.3. The molecule has 1 aliphatic heterocycles. The van der Waals surface area contributed by atoms with Gasteiger partial charge in [0.25, 0.3) is 11.8 Å². The van der Waals surface area contributed by atoms with Gasteiger partial charge in [0, 0.05) is 24.8 Å². The lowest BCUT2D eigenvalue weighted by Gasteiger charge is -2.30. The fraction of sp³-hybridized carbons (Fsp3) is 0.344. The highest BCUT2D eigenvalue weighted by molar-refractivity contribution is 7.89. The number of urea groups is 1. The Morgan fingerprint density at radius 2 is 1.56 bits per heavy atom. The van der Waals surface area contributed by atoms with Crippen molar-refractivity contribution in [2.75, 3.05) is 25.5 Å². The number of hydrogen-bond acceptors (Lipinski definition) is 8. The minimum absolute atomic E-state index is 0.0536. The van der Waals surface area contributed by atoms with Crippen LogP contribution in [0, 0.1) is 0 Å². The third-order valence-corrected chi connectivity index (χ3v) is 9.17. The molecule has 4 N–H and O–H groups in total. The fourth-order valence-corrected chi connectivity index (χ4v) is 6.63. The normalized spacial score (nSPS) is 15.2. The van der Waals surface area contributed by atoms with Crippen molar-refractivity contribution in [1.82, 2.24) is 14.5 Å². The first kappa shape index (κ1) is 33.6. The number of fused-ring (bicyclic) bond motifs is 1. The van der Waals surface area contributed by atoms with Gasteiger partial charge in [0.05, 0.1) is 41.4 Å². The van der Waals surface area contributed by atoms with E-state index < -0.39 is 52.7 Å². The first-order valence-corrected chi connectivity index (χ1v) is 15.9. The molecule has 0 aliphatic carbocycles. The van der Waals surface area contributed by atoms with Gasteiger partial charge in [-0.05, 0) is 75.2 Å². The number of benzene rings is 3. The maximum absolute atomic E-state index is 13.6. The summed E-state index contributed by atoms with van der Waals surface area (Å²) in [7, 11) is -2.70. The highest BCUT2D eigenvalue weighted by Gasteiger charge is 2.37. The number of hydrogen-bond donors (Lipinski definition) is 4. The molecule has 3 aromatic carbocycles. The van der Waals surface area contributed by atoms with Gasteiger partial charge < -0.3 is 25.6 Å². The van der Waals surface area contributed by atoms with E-state index in [1.165, 1.54) is 56.5 Å². The van der Waals surface area contributed by atoms with E-state index in [4.69, 9.17) is 4.74 Å². The van der Waals surface area contributed by atoms with Crippen molar-refractivity contribution >= 4 is 33.6 Å². The number of nitrogens with one attached hydrogen (secondary N) is 2. The van der Waals surface area contributed by atoms with Crippen molar-refractivity contribution in [2.24, 2.45) is 0 Å². The van der Waals surface area contributed by atoms with E-state index in [1.807, 2.05) is 18.2 Å². The average molecular weight is 639 g/mol. The van der Waals surface area contributed by atoms with Crippen LogP contribution in [0.2, 0.25) is 0 Å². The summed E-state index contributed by atoms with van der Waals surface area (Å²) in [5, 5.41) is 26.9. The Morgan fingerprint density at radius 1 is 0.911 bits per heavy atom. The van der Waals surface area contributed by atoms with Crippen LogP contribution in [0.1, 0.15) is 47.1 Å². The molecule has 0 aromatic heterocycles. The van der Waals surface area contributed by atoms with E-state index in [9.17, 15) is 33.0 Å². The predicted molar refractivity (Wildman–Crippen MR) is 168 cm³/mol. The topological polar surface area (TPSA) is 166 Å². The van der Waals surface area contributed by atoms with Crippen molar-refractivity contribution in [1.29, 1.82) is 0 Å². The Kier molecular flexibility index (Phi) is 10.6. The molecule has 4 rings (SSSR count).